The number of unbranched alkanes of at least 4 members (excludes halogenated alkanes) is 1. The van der Waals surface area contributed by atoms with Crippen LogP contribution in [0.1, 0.15) is 127 Å². The molecule has 244 valence electrons. The summed E-state index contributed by atoms with van der Waals surface area (Å²) >= 11 is 0. The Bertz CT molecular complexity index is 1080. The summed E-state index contributed by atoms with van der Waals surface area (Å²) in [7, 11) is 0. The first-order valence-electron chi connectivity index (χ1n) is 16.5. The lowest BCUT2D eigenvalue weighted by Gasteiger charge is -2.56. The van der Waals surface area contributed by atoms with Crippen molar-refractivity contribution in [3.8, 4) is 0 Å². The molecule has 2 unspecified atom stereocenters. The molecule has 3 aliphatic rings. The van der Waals surface area contributed by atoms with Crippen LogP contribution in [0.25, 0.3) is 0 Å². The molecule has 1 heterocycles. The van der Waals surface area contributed by atoms with E-state index in [9.17, 15) is 19.2 Å². The molecular weight excluding hydrogens is 548 g/mol. The lowest BCUT2D eigenvalue weighted by Crippen LogP contribution is -2.54. The van der Waals surface area contributed by atoms with Crippen LogP contribution in [0.3, 0.4) is 0 Å². The van der Waals surface area contributed by atoms with Gasteiger partial charge in [-0.15, -0.1) is 0 Å². The van der Waals surface area contributed by atoms with Crippen LogP contribution in [0.2, 0.25) is 0 Å². The van der Waals surface area contributed by atoms with Crippen molar-refractivity contribution in [3.05, 3.63) is 11.1 Å². The molecular formula is C35H56O8. The maximum absolute atomic E-state index is 13.5. The number of fused-ring (bicyclic) bond motifs is 1. The molecule has 1 aliphatic heterocycles. The second kappa shape index (κ2) is 14.3. The van der Waals surface area contributed by atoms with E-state index >= 15 is 0 Å². The van der Waals surface area contributed by atoms with E-state index in [0.29, 0.717) is 38.4 Å². The fourth-order valence-corrected chi connectivity index (χ4v) is 7.45. The molecule has 0 aromatic rings. The molecule has 43 heavy (non-hydrogen) atoms. The predicted molar refractivity (Wildman–Crippen MR) is 164 cm³/mol. The Kier molecular flexibility index (Phi) is 11.7. The number of hydrogen-bond acceptors (Lipinski definition) is 8. The zero-order chi connectivity index (χ0) is 32.2. The molecule has 0 aromatic carbocycles. The van der Waals surface area contributed by atoms with Gasteiger partial charge in [0.05, 0.1) is 31.2 Å². The number of ketones is 1. The predicted octanol–water partition coefficient (Wildman–Crippen LogP) is 6.92. The Balaban J connectivity index is 1.78. The summed E-state index contributed by atoms with van der Waals surface area (Å²) < 4.78 is 23.2. The van der Waals surface area contributed by atoms with Crippen LogP contribution in [-0.2, 0) is 38.1 Å². The zero-order valence-corrected chi connectivity index (χ0v) is 28.1. The molecule has 0 spiro atoms. The first kappa shape index (κ1) is 35.3. The summed E-state index contributed by atoms with van der Waals surface area (Å²) in [6, 6.07) is 0. The fourth-order valence-electron chi connectivity index (χ4n) is 7.45. The molecule has 0 amide bonds. The highest BCUT2D eigenvalue weighted by Gasteiger charge is 2.54. The molecule has 0 aromatic heterocycles. The summed E-state index contributed by atoms with van der Waals surface area (Å²) in [6.45, 7) is 18.7. The molecule has 8 heteroatoms. The van der Waals surface area contributed by atoms with Gasteiger partial charge < -0.3 is 18.9 Å². The molecule has 7 atom stereocenters. The number of ether oxygens (including phenoxy) is 4. The number of esters is 3. The second-order valence-corrected chi connectivity index (χ2v) is 14.4. The van der Waals surface area contributed by atoms with Crippen LogP contribution in [0.4, 0.5) is 0 Å². The largest absolute Gasteiger partial charge is 0.466 e. The van der Waals surface area contributed by atoms with Crippen molar-refractivity contribution in [1.82, 2.24) is 0 Å². The second-order valence-electron chi connectivity index (χ2n) is 14.4. The lowest BCUT2D eigenvalue weighted by atomic mass is 9.51. The van der Waals surface area contributed by atoms with Crippen molar-refractivity contribution in [2.45, 2.75) is 145 Å². The van der Waals surface area contributed by atoms with Gasteiger partial charge in [0.25, 0.3) is 0 Å². The number of hydrogen-bond donors (Lipinski definition) is 0. The van der Waals surface area contributed by atoms with Gasteiger partial charge in [-0.3, -0.25) is 19.2 Å². The van der Waals surface area contributed by atoms with Crippen molar-refractivity contribution in [1.29, 1.82) is 0 Å². The molecule has 1 saturated heterocycles. The molecule has 8 nitrogen and oxygen atoms in total. The average molecular weight is 605 g/mol. The van der Waals surface area contributed by atoms with Crippen LogP contribution in [0.15, 0.2) is 11.1 Å². The smallest absolute Gasteiger partial charge is 0.312 e. The van der Waals surface area contributed by atoms with Crippen molar-refractivity contribution in [3.63, 3.8) is 0 Å². The van der Waals surface area contributed by atoms with Crippen LogP contribution >= 0.6 is 0 Å². The molecule has 3 rings (SSSR count). The highest BCUT2D eigenvalue weighted by atomic mass is 16.6. The third kappa shape index (κ3) is 7.72. The number of Topliss-reactive ketones (excluding diaryl/α,β-unsaturated/α-hetero) is 1. The van der Waals surface area contributed by atoms with Gasteiger partial charge >= 0.3 is 17.9 Å². The molecule has 0 N–H and O–H groups in total. The van der Waals surface area contributed by atoms with E-state index in [-0.39, 0.29) is 47.7 Å². The van der Waals surface area contributed by atoms with E-state index in [1.54, 1.807) is 6.92 Å². The maximum atomic E-state index is 13.5. The van der Waals surface area contributed by atoms with E-state index in [1.165, 1.54) is 6.92 Å². The number of carbonyl (C=O) groups excluding carboxylic acids is 4. The van der Waals surface area contributed by atoms with Gasteiger partial charge in [-0.1, -0.05) is 53.5 Å². The van der Waals surface area contributed by atoms with Crippen LogP contribution < -0.4 is 0 Å². The third-order valence-electron chi connectivity index (χ3n) is 11.1. The standard InChI is InChI=1S/C35H56O8/c1-10-13-16-40-29(38)20-34(8,12-3)32(39)43-25-17-24(26-21-41-28(26)18-25)19-35(9)15-14-22(4)30(33(35,6)7)31(27(37)11-2)42-23(5)36/h24-26,28,31H,10-21H2,1-9H3/t24?,25-,26+,28-,31+,34?,35+/m1/s1. The molecule has 1 saturated carbocycles. The maximum Gasteiger partial charge on any atom is 0.312 e. The Morgan fingerprint density at radius 1 is 1.09 bits per heavy atom. The Labute approximate surface area is 259 Å². The van der Waals surface area contributed by atoms with Gasteiger partial charge in [-0.25, -0.2) is 0 Å². The number of carbonyl (C=O) groups is 4. The van der Waals surface area contributed by atoms with Gasteiger partial charge in [-0.2, -0.15) is 0 Å². The summed E-state index contributed by atoms with van der Waals surface area (Å²) in [5, 5.41) is 0. The van der Waals surface area contributed by atoms with E-state index in [2.05, 4.69) is 27.7 Å². The Morgan fingerprint density at radius 2 is 1.79 bits per heavy atom. The summed E-state index contributed by atoms with van der Waals surface area (Å²) in [4.78, 5) is 51.1. The summed E-state index contributed by atoms with van der Waals surface area (Å²) in [6.07, 6.45) is 5.49. The van der Waals surface area contributed by atoms with E-state index in [0.717, 1.165) is 49.7 Å². The quantitative estimate of drug-likeness (QED) is 0.0911. The Morgan fingerprint density at radius 3 is 2.35 bits per heavy atom. The van der Waals surface area contributed by atoms with Crippen molar-refractivity contribution in [2.24, 2.45) is 28.1 Å². The normalized spacial score (nSPS) is 30.3. The van der Waals surface area contributed by atoms with Crippen LogP contribution in [0.5, 0.6) is 0 Å². The van der Waals surface area contributed by atoms with Crippen LogP contribution in [0, 0.1) is 28.1 Å². The summed E-state index contributed by atoms with van der Waals surface area (Å²) in [5.41, 5.74) is 0.548. The molecule has 0 radical (unpaired) electrons. The minimum atomic E-state index is -0.942. The lowest BCUT2D eigenvalue weighted by molar-refractivity contribution is -0.203. The Hall–Kier alpha value is -2.22. The first-order valence-corrected chi connectivity index (χ1v) is 16.5. The third-order valence-corrected chi connectivity index (χ3v) is 11.1. The fraction of sp³-hybridized carbons (Fsp3) is 0.829. The minimum absolute atomic E-state index is 0.00541. The topological polar surface area (TPSA) is 105 Å². The summed E-state index contributed by atoms with van der Waals surface area (Å²) in [5.74, 6) is -0.571. The highest BCUT2D eigenvalue weighted by molar-refractivity contribution is 5.88. The van der Waals surface area contributed by atoms with Gasteiger partial charge in [-0.05, 0) is 74.7 Å². The SMILES string of the molecule is CCCCOC(=O)CC(C)(CC)C(=O)O[C@@H]1CC(C[C@]2(C)CCC(C)=C([C@@H](OC(C)=O)C(=O)CC)C2(C)C)[C@@H]2CO[C@@H]2C1. The van der Waals surface area contributed by atoms with Crippen molar-refractivity contribution < 1.29 is 38.1 Å². The first-order chi connectivity index (χ1) is 20.1. The van der Waals surface area contributed by atoms with E-state index in [1.807, 2.05) is 20.8 Å². The minimum Gasteiger partial charge on any atom is -0.466 e. The highest BCUT2D eigenvalue weighted by Crippen LogP contribution is 2.59. The van der Waals surface area contributed by atoms with E-state index < -0.39 is 22.9 Å². The molecule has 2 fully saturated rings. The van der Waals surface area contributed by atoms with E-state index in [4.69, 9.17) is 18.9 Å². The van der Waals surface area contributed by atoms with Gasteiger partial charge in [0.15, 0.2) is 11.9 Å². The number of rotatable bonds is 14. The van der Waals surface area contributed by atoms with Gasteiger partial charge in [0, 0.05) is 25.7 Å². The van der Waals surface area contributed by atoms with Crippen molar-refractivity contribution in [2.75, 3.05) is 13.2 Å². The van der Waals surface area contributed by atoms with Gasteiger partial charge in [0.1, 0.15) is 6.10 Å². The average Bonchev–Trinajstić information content (AvgIpc) is 2.91. The number of allylic oxidation sites excluding steroid dienone is 1. The monoisotopic (exact) mass is 604 g/mol. The molecule has 2 aliphatic carbocycles. The van der Waals surface area contributed by atoms with Gasteiger partial charge in [0.2, 0.25) is 0 Å². The van der Waals surface area contributed by atoms with Crippen molar-refractivity contribution >= 4 is 23.7 Å². The molecule has 0 bridgehead atoms. The van der Waals surface area contributed by atoms with Crippen LogP contribution in [-0.4, -0.2) is 55.2 Å². The zero-order valence-electron chi connectivity index (χ0n) is 28.1.